The van der Waals surface area contributed by atoms with E-state index in [1.165, 1.54) is 18.4 Å². The van der Waals surface area contributed by atoms with E-state index in [0.717, 1.165) is 28.5 Å². The second-order valence-electron chi connectivity index (χ2n) is 7.86. The van der Waals surface area contributed by atoms with Crippen LogP contribution in [0.3, 0.4) is 0 Å². The molecule has 4 atom stereocenters. The van der Waals surface area contributed by atoms with Crippen LogP contribution >= 0.6 is 11.6 Å². The standard InChI is InChI=1S/C23H23ClN2O/c1-26-18-11-12-21(26)23(19(13-18)15-7-9-17(24)10-8-15)22-14-20(25-27-22)16-5-3-2-4-6-16/h2-10,14,18-19,21,23H,11-13H2,1H3/t18-,19-,21-,23+/m1/s1. The maximum atomic E-state index is 6.13. The van der Waals surface area contributed by atoms with Crippen molar-refractivity contribution in [3.8, 4) is 11.3 Å². The fraction of sp³-hybridized carbons (Fsp3) is 0.348. The minimum Gasteiger partial charge on any atom is -0.360 e. The van der Waals surface area contributed by atoms with Gasteiger partial charge in [0.15, 0.2) is 0 Å². The van der Waals surface area contributed by atoms with Crippen LogP contribution in [0.25, 0.3) is 11.3 Å². The fourth-order valence-electron chi connectivity index (χ4n) is 5.10. The molecule has 2 saturated heterocycles. The maximum absolute atomic E-state index is 6.13. The Morgan fingerprint density at radius 1 is 1.04 bits per heavy atom. The Bertz CT molecular complexity index is 921. The fourth-order valence-corrected chi connectivity index (χ4v) is 5.22. The molecule has 3 heterocycles. The summed E-state index contributed by atoms with van der Waals surface area (Å²) < 4.78 is 5.93. The van der Waals surface area contributed by atoms with E-state index in [1.807, 2.05) is 30.3 Å². The minimum absolute atomic E-state index is 0.319. The third-order valence-corrected chi connectivity index (χ3v) is 6.75. The Morgan fingerprint density at radius 2 is 1.81 bits per heavy atom. The van der Waals surface area contributed by atoms with E-state index in [4.69, 9.17) is 16.1 Å². The minimum atomic E-state index is 0.319. The molecule has 2 fully saturated rings. The highest BCUT2D eigenvalue weighted by molar-refractivity contribution is 6.30. The number of halogens is 1. The molecule has 4 heteroatoms. The lowest BCUT2D eigenvalue weighted by Crippen LogP contribution is -2.44. The molecule has 2 aromatic carbocycles. The van der Waals surface area contributed by atoms with Crippen molar-refractivity contribution in [2.45, 2.75) is 43.2 Å². The van der Waals surface area contributed by atoms with Gasteiger partial charge in [-0.25, -0.2) is 0 Å². The molecule has 1 aromatic heterocycles. The molecule has 0 N–H and O–H groups in total. The first kappa shape index (κ1) is 17.0. The Morgan fingerprint density at radius 3 is 2.59 bits per heavy atom. The highest BCUT2D eigenvalue weighted by Gasteiger charge is 2.48. The van der Waals surface area contributed by atoms with E-state index in [-0.39, 0.29) is 0 Å². The van der Waals surface area contributed by atoms with Crippen LogP contribution in [0.2, 0.25) is 5.02 Å². The first-order chi connectivity index (χ1) is 13.2. The van der Waals surface area contributed by atoms with E-state index in [9.17, 15) is 0 Å². The summed E-state index contributed by atoms with van der Waals surface area (Å²) in [4.78, 5) is 2.56. The molecule has 0 aliphatic carbocycles. The van der Waals surface area contributed by atoms with Crippen LogP contribution in [0, 0.1) is 0 Å². The number of piperidine rings is 1. The van der Waals surface area contributed by atoms with Gasteiger partial charge in [-0.05, 0) is 49.9 Å². The van der Waals surface area contributed by atoms with E-state index in [1.54, 1.807) is 0 Å². The molecule has 27 heavy (non-hydrogen) atoms. The Kier molecular flexibility index (Phi) is 4.30. The zero-order valence-corrected chi connectivity index (χ0v) is 16.1. The second-order valence-corrected chi connectivity index (χ2v) is 8.30. The first-order valence-electron chi connectivity index (χ1n) is 9.70. The molecular weight excluding hydrogens is 356 g/mol. The largest absolute Gasteiger partial charge is 0.360 e. The summed E-state index contributed by atoms with van der Waals surface area (Å²) in [6, 6.07) is 21.9. The van der Waals surface area contributed by atoms with Crippen molar-refractivity contribution in [2.75, 3.05) is 7.05 Å². The average Bonchev–Trinajstić information content (AvgIpc) is 3.26. The van der Waals surface area contributed by atoms with Gasteiger partial charge in [-0.2, -0.15) is 0 Å². The molecule has 0 amide bonds. The van der Waals surface area contributed by atoms with Crippen LogP contribution in [0.5, 0.6) is 0 Å². The van der Waals surface area contributed by atoms with Gasteiger partial charge in [0.2, 0.25) is 0 Å². The van der Waals surface area contributed by atoms with E-state index >= 15 is 0 Å². The monoisotopic (exact) mass is 378 g/mol. The van der Waals surface area contributed by atoms with Crippen molar-refractivity contribution in [3.63, 3.8) is 0 Å². The predicted octanol–water partition coefficient (Wildman–Crippen LogP) is 5.73. The molecule has 138 valence electrons. The summed E-state index contributed by atoms with van der Waals surface area (Å²) in [6.07, 6.45) is 3.64. The number of likely N-dealkylation sites (N-methyl/N-ethyl adjacent to an activating group) is 1. The number of rotatable bonds is 3. The molecule has 0 saturated carbocycles. The number of nitrogens with zero attached hydrogens (tertiary/aromatic N) is 2. The van der Waals surface area contributed by atoms with Crippen LogP contribution < -0.4 is 0 Å². The number of aromatic nitrogens is 1. The quantitative estimate of drug-likeness (QED) is 0.582. The van der Waals surface area contributed by atoms with Gasteiger partial charge in [0.25, 0.3) is 0 Å². The van der Waals surface area contributed by atoms with Crippen molar-refractivity contribution in [2.24, 2.45) is 0 Å². The van der Waals surface area contributed by atoms with Crippen molar-refractivity contribution in [1.82, 2.24) is 10.1 Å². The molecule has 0 unspecified atom stereocenters. The predicted molar refractivity (Wildman–Crippen MR) is 108 cm³/mol. The maximum Gasteiger partial charge on any atom is 0.142 e. The summed E-state index contributed by atoms with van der Waals surface area (Å²) in [5.41, 5.74) is 3.37. The van der Waals surface area contributed by atoms with Crippen molar-refractivity contribution < 1.29 is 4.52 Å². The highest BCUT2D eigenvalue weighted by Crippen LogP contribution is 2.51. The summed E-state index contributed by atoms with van der Waals surface area (Å²) in [6.45, 7) is 0. The van der Waals surface area contributed by atoms with Crippen LogP contribution in [0.1, 0.15) is 42.4 Å². The van der Waals surface area contributed by atoms with Crippen LogP contribution in [-0.2, 0) is 0 Å². The van der Waals surface area contributed by atoms with E-state index in [0.29, 0.717) is 23.9 Å². The number of benzene rings is 2. The molecule has 0 spiro atoms. The van der Waals surface area contributed by atoms with Crippen LogP contribution in [-0.4, -0.2) is 29.2 Å². The summed E-state index contributed by atoms with van der Waals surface area (Å²) in [5, 5.41) is 5.19. The molecule has 3 nitrogen and oxygen atoms in total. The second kappa shape index (κ2) is 6.81. The third kappa shape index (κ3) is 2.99. The van der Waals surface area contributed by atoms with Gasteiger partial charge in [-0.15, -0.1) is 0 Å². The number of hydrogen-bond acceptors (Lipinski definition) is 3. The third-order valence-electron chi connectivity index (χ3n) is 6.49. The molecule has 2 aliphatic rings. The Hall–Kier alpha value is -2.10. The molecule has 0 radical (unpaired) electrons. The Balaban J connectivity index is 1.54. The first-order valence-corrected chi connectivity index (χ1v) is 10.1. The summed E-state index contributed by atoms with van der Waals surface area (Å²) in [5.74, 6) is 1.76. The van der Waals surface area contributed by atoms with Gasteiger partial charge < -0.3 is 4.52 Å². The molecule has 2 bridgehead atoms. The number of fused-ring (bicyclic) bond motifs is 2. The highest BCUT2D eigenvalue weighted by atomic mass is 35.5. The molecular formula is C23H23ClN2O. The summed E-state index contributed by atoms with van der Waals surface area (Å²) >= 11 is 6.13. The van der Waals surface area contributed by atoms with E-state index in [2.05, 4.69) is 47.4 Å². The zero-order valence-electron chi connectivity index (χ0n) is 15.4. The molecule has 5 rings (SSSR count). The SMILES string of the molecule is CN1[C@@H]2CC[C@@H]1[C@@H](c1cc(-c3ccccc3)no1)[C@@H](c1ccc(Cl)cc1)C2. The molecule has 3 aromatic rings. The lowest BCUT2D eigenvalue weighted by molar-refractivity contribution is 0.122. The van der Waals surface area contributed by atoms with Gasteiger partial charge >= 0.3 is 0 Å². The average molecular weight is 379 g/mol. The van der Waals surface area contributed by atoms with Gasteiger partial charge in [0.1, 0.15) is 11.5 Å². The molecule has 2 aliphatic heterocycles. The van der Waals surface area contributed by atoms with Gasteiger partial charge in [-0.3, -0.25) is 4.90 Å². The number of hydrogen-bond donors (Lipinski definition) is 0. The van der Waals surface area contributed by atoms with Crippen molar-refractivity contribution in [1.29, 1.82) is 0 Å². The van der Waals surface area contributed by atoms with Gasteiger partial charge in [0, 0.05) is 34.7 Å². The van der Waals surface area contributed by atoms with Gasteiger partial charge in [-0.1, -0.05) is 59.2 Å². The lowest BCUT2D eigenvalue weighted by atomic mass is 9.75. The van der Waals surface area contributed by atoms with Crippen LogP contribution in [0.4, 0.5) is 0 Å². The smallest absolute Gasteiger partial charge is 0.142 e. The van der Waals surface area contributed by atoms with E-state index < -0.39 is 0 Å². The lowest BCUT2D eigenvalue weighted by Gasteiger charge is -2.42. The van der Waals surface area contributed by atoms with Crippen molar-refractivity contribution >= 4 is 11.6 Å². The van der Waals surface area contributed by atoms with Crippen molar-refractivity contribution in [3.05, 3.63) is 77.0 Å². The summed E-state index contributed by atoms with van der Waals surface area (Å²) in [7, 11) is 2.27. The topological polar surface area (TPSA) is 29.3 Å². The Labute approximate surface area is 164 Å². The van der Waals surface area contributed by atoms with Gasteiger partial charge in [0.05, 0.1) is 0 Å². The normalized spacial score (nSPS) is 27.8. The zero-order chi connectivity index (χ0) is 18.4. The van der Waals surface area contributed by atoms with Crippen LogP contribution in [0.15, 0.2) is 65.2 Å².